The van der Waals surface area contributed by atoms with E-state index in [4.69, 9.17) is 5.26 Å². The van der Waals surface area contributed by atoms with E-state index >= 15 is 0 Å². The third kappa shape index (κ3) is 2.73. The van der Waals surface area contributed by atoms with Crippen LogP contribution >= 0.6 is 0 Å². The van der Waals surface area contributed by atoms with Crippen LogP contribution in [0.5, 0.6) is 0 Å². The molecule has 2 N–H and O–H groups in total. The van der Waals surface area contributed by atoms with Crippen LogP contribution in [0.1, 0.15) is 37.7 Å². The van der Waals surface area contributed by atoms with E-state index in [0.717, 1.165) is 25.7 Å². The fourth-order valence-electron chi connectivity index (χ4n) is 2.87. The molecule has 0 aliphatic heterocycles. The van der Waals surface area contributed by atoms with Gasteiger partial charge >= 0.3 is 0 Å². The van der Waals surface area contributed by atoms with Gasteiger partial charge in [-0.1, -0.05) is 19.3 Å². The first-order valence-corrected chi connectivity index (χ1v) is 7.56. The number of nitrogens with one attached hydrogen (secondary N) is 2. The topological polar surface area (TPSA) is 82.0 Å². The molecule has 112 valence electrons. The van der Waals surface area contributed by atoms with Crippen LogP contribution in [-0.2, 0) is 0 Å². The van der Waals surface area contributed by atoms with Crippen LogP contribution in [0, 0.1) is 11.3 Å². The van der Waals surface area contributed by atoms with Crippen molar-refractivity contribution in [3.05, 3.63) is 50.3 Å². The zero-order valence-electron chi connectivity index (χ0n) is 12.2. The summed E-state index contributed by atoms with van der Waals surface area (Å²) in [6.45, 7) is 0. The van der Waals surface area contributed by atoms with Crippen LogP contribution in [0.15, 0.2) is 33.9 Å². The lowest BCUT2D eigenvalue weighted by Crippen LogP contribution is -2.39. The van der Waals surface area contributed by atoms with Gasteiger partial charge in [-0.25, -0.2) is 0 Å². The number of nitrogens with zero attached hydrogens (tertiary/aromatic N) is 1. The number of anilines is 3. The molecule has 0 aromatic heterocycles. The lowest BCUT2D eigenvalue weighted by Gasteiger charge is -2.25. The smallest absolute Gasteiger partial charge is 0.253 e. The molecule has 1 fully saturated rings. The van der Waals surface area contributed by atoms with Crippen LogP contribution in [0.2, 0.25) is 0 Å². The Kier molecular flexibility index (Phi) is 3.92. The van der Waals surface area contributed by atoms with Gasteiger partial charge in [-0.3, -0.25) is 9.59 Å². The second-order valence-electron chi connectivity index (χ2n) is 5.70. The summed E-state index contributed by atoms with van der Waals surface area (Å²) < 4.78 is 0. The Labute approximate surface area is 128 Å². The van der Waals surface area contributed by atoms with Crippen molar-refractivity contribution in [3.63, 3.8) is 0 Å². The van der Waals surface area contributed by atoms with Gasteiger partial charge in [-0.15, -0.1) is 0 Å². The summed E-state index contributed by atoms with van der Waals surface area (Å²) in [5.41, 5.74) is 1.06. The van der Waals surface area contributed by atoms with Gasteiger partial charge in [0, 0.05) is 11.7 Å². The van der Waals surface area contributed by atoms with Crippen molar-refractivity contribution in [3.8, 4) is 6.07 Å². The standard InChI is InChI=1S/C17H17N3O2/c18-10-11-6-8-13(9-7-11)20-15-14(16(21)17(15)22)19-12-4-2-1-3-5-12/h6-9,12,19-20H,1-5H2. The second kappa shape index (κ2) is 6.02. The first-order valence-electron chi connectivity index (χ1n) is 7.56. The van der Waals surface area contributed by atoms with Crippen molar-refractivity contribution >= 4 is 17.1 Å². The summed E-state index contributed by atoms with van der Waals surface area (Å²) in [7, 11) is 0. The fraction of sp³-hybridized carbons (Fsp3) is 0.353. The molecule has 0 heterocycles. The predicted octanol–water partition coefficient (Wildman–Crippen LogP) is 2.64. The number of nitriles is 1. The number of hydrogen-bond donors (Lipinski definition) is 2. The van der Waals surface area contributed by atoms with Crippen molar-refractivity contribution in [2.75, 3.05) is 10.6 Å². The van der Waals surface area contributed by atoms with E-state index in [9.17, 15) is 9.59 Å². The van der Waals surface area contributed by atoms with Crippen molar-refractivity contribution in [2.24, 2.45) is 0 Å². The maximum atomic E-state index is 11.8. The normalized spacial score (nSPS) is 15.4. The van der Waals surface area contributed by atoms with E-state index in [1.807, 2.05) is 6.07 Å². The maximum absolute atomic E-state index is 11.8. The van der Waals surface area contributed by atoms with Gasteiger partial charge in [0.15, 0.2) is 0 Å². The Bertz CT molecular complexity index is 774. The molecular formula is C17H17N3O2. The molecule has 1 saturated carbocycles. The third-order valence-electron chi connectivity index (χ3n) is 4.15. The molecule has 2 aromatic carbocycles. The predicted molar refractivity (Wildman–Crippen MR) is 86.3 cm³/mol. The minimum absolute atomic E-state index is 0.276. The molecule has 2 aromatic rings. The summed E-state index contributed by atoms with van der Waals surface area (Å²) in [4.78, 5) is 23.6. The van der Waals surface area contributed by atoms with Gasteiger partial charge in [-0.2, -0.15) is 5.26 Å². The van der Waals surface area contributed by atoms with Gasteiger partial charge in [0.2, 0.25) is 0 Å². The highest BCUT2D eigenvalue weighted by Gasteiger charge is 2.24. The fourth-order valence-corrected chi connectivity index (χ4v) is 2.87. The Morgan fingerprint density at radius 3 is 2.23 bits per heavy atom. The Morgan fingerprint density at radius 1 is 0.955 bits per heavy atom. The third-order valence-corrected chi connectivity index (χ3v) is 4.15. The Morgan fingerprint density at radius 2 is 1.59 bits per heavy atom. The average molecular weight is 295 g/mol. The van der Waals surface area contributed by atoms with Gasteiger partial charge in [0.25, 0.3) is 10.9 Å². The van der Waals surface area contributed by atoms with Crippen molar-refractivity contribution in [2.45, 2.75) is 38.1 Å². The molecule has 1 aliphatic carbocycles. The first-order chi connectivity index (χ1) is 10.7. The van der Waals surface area contributed by atoms with E-state index in [-0.39, 0.29) is 6.04 Å². The summed E-state index contributed by atoms with van der Waals surface area (Å²) in [6.07, 6.45) is 5.63. The molecule has 0 unspecified atom stereocenters. The zero-order valence-corrected chi connectivity index (χ0v) is 12.2. The number of benzene rings is 1. The van der Waals surface area contributed by atoms with Crippen molar-refractivity contribution in [1.29, 1.82) is 5.26 Å². The van der Waals surface area contributed by atoms with Gasteiger partial charge < -0.3 is 10.6 Å². The maximum Gasteiger partial charge on any atom is 0.253 e. The van der Waals surface area contributed by atoms with Gasteiger partial charge in [0.1, 0.15) is 11.4 Å². The molecule has 0 saturated heterocycles. The summed E-state index contributed by atoms with van der Waals surface area (Å²) in [5.74, 6) is 0. The van der Waals surface area contributed by atoms with Gasteiger partial charge in [-0.05, 0) is 37.1 Å². The van der Waals surface area contributed by atoms with E-state index in [2.05, 4.69) is 10.6 Å². The SMILES string of the molecule is N#Cc1ccc(Nc2c(NC3CCCCC3)c(=O)c2=O)cc1. The molecule has 0 amide bonds. The largest absolute Gasteiger partial charge is 0.377 e. The molecule has 3 rings (SSSR count). The second-order valence-corrected chi connectivity index (χ2v) is 5.70. The number of rotatable bonds is 4. The van der Waals surface area contributed by atoms with Crippen LogP contribution in [-0.4, -0.2) is 6.04 Å². The molecule has 0 spiro atoms. The average Bonchev–Trinajstić information content (AvgIpc) is 2.59. The van der Waals surface area contributed by atoms with E-state index in [0.29, 0.717) is 22.6 Å². The van der Waals surface area contributed by atoms with Crippen molar-refractivity contribution in [1.82, 2.24) is 0 Å². The summed E-state index contributed by atoms with van der Waals surface area (Å²) in [5, 5.41) is 15.0. The quantitative estimate of drug-likeness (QED) is 0.847. The molecular weight excluding hydrogens is 278 g/mol. The molecule has 1 aliphatic rings. The molecule has 0 radical (unpaired) electrons. The van der Waals surface area contributed by atoms with Crippen LogP contribution < -0.4 is 21.5 Å². The molecule has 5 heteroatoms. The summed E-state index contributed by atoms with van der Waals surface area (Å²) >= 11 is 0. The van der Waals surface area contributed by atoms with Crippen LogP contribution in [0.3, 0.4) is 0 Å². The van der Waals surface area contributed by atoms with E-state index in [1.54, 1.807) is 24.3 Å². The van der Waals surface area contributed by atoms with E-state index < -0.39 is 10.9 Å². The highest BCUT2D eigenvalue weighted by Crippen LogP contribution is 2.25. The molecule has 22 heavy (non-hydrogen) atoms. The van der Waals surface area contributed by atoms with Gasteiger partial charge in [0.05, 0.1) is 11.6 Å². The minimum Gasteiger partial charge on any atom is -0.377 e. The Hall–Kier alpha value is -2.61. The lowest BCUT2D eigenvalue weighted by molar-refractivity contribution is 0.462. The lowest BCUT2D eigenvalue weighted by atomic mass is 9.95. The van der Waals surface area contributed by atoms with E-state index in [1.165, 1.54) is 6.42 Å². The van der Waals surface area contributed by atoms with Crippen LogP contribution in [0.4, 0.5) is 17.1 Å². The molecule has 0 bridgehead atoms. The minimum atomic E-state index is -0.484. The molecule has 5 nitrogen and oxygen atoms in total. The Balaban J connectivity index is 1.76. The monoisotopic (exact) mass is 295 g/mol. The molecule has 0 atom stereocenters. The summed E-state index contributed by atoms with van der Waals surface area (Å²) in [6, 6.07) is 9.10. The van der Waals surface area contributed by atoms with Crippen LogP contribution in [0.25, 0.3) is 0 Å². The zero-order chi connectivity index (χ0) is 15.5. The number of hydrogen-bond acceptors (Lipinski definition) is 5. The van der Waals surface area contributed by atoms with Crippen molar-refractivity contribution < 1.29 is 0 Å². The highest BCUT2D eigenvalue weighted by atomic mass is 16.2. The highest BCUT2D eigenvalue weighted by molar-refractivity contribution is 5.79. The first kappa shape index (κ1) is 14.3.